The van der Waals surface area contributed by atoms with E-state index < -0.39 is 38.4 Å². The molecule has 1 amide bonds. The average molecular weight is 501 g/mol. The number of rotatable bonds is 8. The lowest BCUT2D eigenvalue weighted by molar-refractivity contribution is -0.120. The van der Waals surface area contributed by atoms with Gasteiger partial charge in [-0.05, 0) is 73.9 Å². The molecule has 0 saturated heterocycles. The molecule has 0 fully saturated rings. The molecule has 3 rings (SSSR count). The Labute approximate surface area is 201 Å². The Morgan fingerprint density at radius 2 is 1.47 bits per heavy atom. The number of benzene rings is 3. The molecule has 1 N–H and O–H groups in total. The zero-order valence-electron chi connectivity index (χ0n) is 19.5. The van der Waals surface area contributed by atoms with E-state index in [9.17, 15) is 21.6 Å². The molecule has 34 heavy (non-hydrogen) atoms. The zero-order valence-corrected chi connectivity index (χ0v) is 21.2. The van der Waals surface area contributed by atoms with Crippen molar-refractivity contribution >= 4 is 31.5 Å². The minimum absolute atomic E-state index is 0.0884. The third-order valence-electron chi connectivity index (χ3n) is 5.58. The van der Waals surface area contributed by atoms with Gasteiger partial charge in [0, 0.05) is 6.26 Å². The molecule has 3 aromatic rings. The quantitative estimate of drug-likeness (QED) is 0.507. The van der Waals surface area contributed by atoms with E-state index >= 15 is 0 Å². The van der Waals surface area contributed by atoms with Crippen molar-refractivity contribution in [2.24, 2.45) is 0 Å². The molecular weight excluding hydrogens is 472 g/mol. The van der Waals surface area contributed by atoms with Crippen LogP contribution in [0.15, 0.2) is 82.6 Å². The Morgan fingerprint density at radius 1 is 0.853 bits per heavy atom. The number of carbonyl (C=O) groups excluding carboxylic acids is 1. The number of carbonyl (C=O) groups is 1. The van der Waals surface area contributed by atoms with Crippen molar-refractivity contribution in [3.8, 4) is 0 Å². The van der Waals surface area contributed by atoms with Gasteiger partial charge in [-0.15, -0.1) is 0 Å². The largest absolute Gasteiger partial charge is 0.348 e. The molecule has 0 aliphatic rings. The molecule has 1 atom stereocenters. The molecule has 7 nitrogen and oxygen atoms in total. The predicted octanol–water partition coefficient (Wildman–Crippen LogP) is 3.78. The zero-order chi connectivity index (χ0) is 25.1. The van der Waals surface area contributed by atoms with E-state index in [1.165, 1.54) is 24.3 Å². The highest BCUT2D eigenvalue weighted by Gasteiger charge is 2.28. The molecule has 0 aliphatic carbocycles. The van der Waals surface area contributed by atoms with E-state index in [1.54, 1.807) is 49.4 Å². The number of hydrogen-bond donors (Lipinski definition) is 1. The van der Waals surface area contributed by atoms with E-state index in [0.717, 1.165) is 21.7 Å². The topological polar surface area (TPSA) is 101 Å². The smallest absolute Gasteiger partial charge is 0.264 e. The number of nitrogens with zero attached hydrogens (tertiary/aromatic N) is 1. The van der Waals surface area contributed by atoms with Crippen LogP contribution in [0.25, 0.3) is 0 Å². The first kappa shape index (κ1) is 25.5. The fourth-order valence-corrected chi connectivity index (χ4v) is 5.48. The first-order valence-electron chi connectivity index (χ1n) is 10.6. The molecule has 0 heterocycles. The Bertz CT molecular complexity index is 1380. The maximum atomic E-state index is 13.4. The number of sulfone groups is 1. The van der Waals surface area contributed by atoms with E-state index in [0.29, 0.717) is 11.3 Å². The summed E-state index contributed by atoms with van der Waals surface area (Å²) in [5.41, 5.74) is 3.01. The summed E-state index contributed by atoms with van der Waals surface area (Å²) in [6, 6.07) is 19.0. The summed E-state index contributed by atoms with van der Waals surface area (Å²) in [5.74, 6) is -0.488. The van der Waals surface area contributed by atoms with E-state index in [-0.39, 0.29) is 9.79 Å². The lowest BCUT2D eigenvalue weighted by Crippen LogP contribution is -2.41. The van der Waals surface area contributed by atoms with Crippen LogP contribution in [0, 0.1) is 13.8 Å². The van der Waals surface area contributed by atoms with Crippen molar-refractivity contribution in [2.45, 2.75) is 36.6 Å². The van der Waals surface area contributed by atoms with Crippen LogP contribution in [-0.2, 0) is 24.7 Å². The molecule has 0 aliphatic heterocycles. The van der Waals surface area contributed by atoms with Gasteiger partial charge in [0.25, 0.3) is 10.0 Å². The summed E-state index contributed by atoms with van der Waals surface area (Å²) in [6.45, 7) is 5.15. The van der Waals surface area contributed by atoms with E-state index in [4.69, 9.17) is 0 Å². The summed E-state index contributed by atoms with van der Waals surface area (Å²) in [4.78, 5) is 13.2. The molecule has 180 valence electrons. The van der Waals surface area contributed by atoms with Gasteiger partial charge in [-0.1, -0.05) is 36.4 Å². The van der Waals surface area contributed by atoms with Gasteiger partial charge in [0.2, 0.25) is 5.91 Å². The van der Waals surface area contributed by atoms with Crippen molar-refractivity contribution in [2.75, 3.05) is 17.1 Å². The lowest BCUT2D eigenvalue weighted by atomic mass is 10.1. The number of amides is 1. The molecule has 9 heteroatoms. The van der Waals surface area contributed by atoms with Gasteiger partial charge < -0.3 is 5.32 Å². The van der Waals surface area contributed by atoms with Crippen molar-refractivity contribution in [3.63, 3.8) is 0 Å². The highest BCUT2D eigenvalue weighted by molar-refractivity contribution is 7.93. The van der Waals surface area contributed by atoms with Crippen molar-refractivity contribution in [3.05, 3.63) is 89.5 Å². The highest BCUT2D eigenvalue weighted by atomic mass is 32.2. The van der Waals surface area contributed by atoms with Gasteiger partial charge in [-0.3, -0.25) is 9.10 Å². The number of hydrogen-bond acceptors (Lipinski definition) is 5. The fraction of sp³-hybridized carbons (Fsp3) is 0.240. The van der Waals surface area contributed by atoms with Gasteiger partial charge in [-0.2, -0.15) is 0 Å². The molecule has 0 spiro atoms. The molecule has 0 bridgehead atoms. The predicted molar refractivity (Wildman–Crippen MR) is 133 cm³/mol. The molecule has 0 unspecified atom stereocenters. The van der Waals surface area contributed by atoms with Crippen LogP contribution in [0.1, 0.15) is 29.7 Å². The Kier molecular flexibility index (Phi) is 7.48. The second-order valence-electron chi connectivity index (χ2n) is 8.22. The molecule has 3 aromatic carbocycles. The maximum Gasteiger partial charge on any atom is 0.264 e. The monoisotopic (exact) mass is 500 g/mol. The molecule has 0 aromatic heterocycles. The molecule has 0 saturated carbocycles. The standard InChI is InChI=1S/C25H28N2O5S2/c1-18-10-13-22(16-19(18)2)27(34(31,32)24-8-6-5-7-9-24)17-25(28)26-20(3)21-11-14-23(15-12-21)33(4,29)30/h5-16,20H,17H2,1-4H3,(H,26,28)/t20-/m1/s1. The van der Waals surface area contributed by atoms with Crippen molar-refractivity contribution < 1.29 is 21.6 Å². The van der Waals surface area contributed by atoms with Gasteiger partial charge >= 0.3 is 0 Å². The summed E-state index contributed by atoms with van der Waals surface area (Å²) >= 11 is 0. The van der Waals surface area contributed by atoms with E-state index in [2.05, 4.69) is 5.32 Å². The Balaban J connectivity index is 1.87. The summed E-state index contributed by atoms with van der Waals surface area (Å²) in [6.07, 6.45) is 1.13. The van der Waals surface area contributed by atoms with Crippen LogP contribution in [0.5, 0.6) is 0 Å². The SMILES string of the molecule is Cc1ccc(N(CC(=O)N[C@H](C)c2ccc(S(C)(=O)=O)cc2)S(=O)(=O)c2ccccc2)cc1C. The van der Waals surface area contributed by atoms with Crippen molar-refractivity contribution in [1.29, 1.82) is 0 Å². The number of nitrogens with one attached hydrogen (secondary N) is 1. The fourth-order valence-electron chi connectivity index (χ4n) is 3.42. The number of sulfonamides is 1. The summed E-state index contributed by atoms with van der Waals surface area (Å²) in [7, 11) is -7.32. The minimum atomic E-state index is -4.00. The summed E-state index contributed by atoms with van der Waals surface area (Å²) in [5, 5.41) is 2.81. The second-order valence-corrected chi connectivity index (χ2v) is 12.1. The summed E-state index contributed by atoms with van der Waals surface area (Å²) < 4.78 is 51.3. The first-order valence-corrected chi connectivity index (χ1v) is 14.0. The minimum Gasteiger partial charge on any atom is -0.348 e. The van der Waals surface area contributed by atoms with Crippen molar-refractivity contribution in [1.82, 2.24) is 5.32 Å². The van der Waals surface area contributed by atoms with Crippen LogP contribution in [0.4, 0.5) is 5.69 Å². The van der Waals surface area contributed by atoms with Crippen LogP contribution in [0.3, 0.4) is 0 Å². The Hall–Kier alpha value is -3.17. The van der Waals surface area contributed by atoms with Gasteiger partial charge in [0.05, 0.1) is 21.5 Å². The van der Waals surface area contributed by atoms with Crippen LogP contribution in [-0.4, -0.2) is 35.5 Å². The van der Waals surface area contributed by atoms with E-state index in [1.807, 2.05) is 19.9 Å². The van der Waals surface area contributed by atoms with Gasteiger partial charge in [0.1, 0.15) is 6.54 Å². The van der Waals surface area contributed by atoms with Crippen LogP contribution in [0.2, 0.25) is 0 Å². The lowest BCUT2D eigenvalue weighted by Gasteiger charge is -2.25. The third kappa shape index (κ3) is 5.84. The van der Waals surface area contributed by atoms with Crippen LogP contribution >= 0.6 is 0 Å². The first-order chi connectivity index (χ1) is 15.9. The maximum absolute atomic E-state index is 13.4. The highest BCUT2D eigenvalue weighted by Crippen LogP contribution is 2.26. The second kappa shape index (κ2) is 9.99. The van der Waals surface area contributed by atoms with Crippen LogP contribution < -0.4 is 9.62 Å². The third-order valence-corrected chi connectivity index (χ3v) is 8.50. The number of anilines is 1. The number of aryl methyl sites for hydroxylation is 2. The van der Waals surface area contributed by atoms with Gasteiger partial charge in [-0.25, -0.2) is 16.8 Å². The molecule has 0 radical (unpaired) electrons. The average Bonchev–Trinajstić information content (AvgIpc) is 2.79. The Morgan fingerprint density at radius 3 is 2.03 bits per heavy atom. The van der Waals surface area contributed by atoms with Gasteiger partial charge in [0.15, 0.2) is 9.84 Å². The molecular formula is C25H28N2O5S2. The normalized spacial score (nSPS) is 12.7.